The van der Waals surface area contributed by atoms with Gasteiger partial charge in [0.1, 0.15) is 0 Å². The molecule has 47 heavy (non-hydrogen) atoms. The SMILES string of the molecule is CC(C)[Si](c1ccccc1N=c1sc2ccccc2sc1=Nc1ccccc1[Si](C(C)C)(C(C)C)C(C)C)(C(C)C)C(C)C.[Cl][Ni][Cl]. The Morgan fingerprint density at radius 1 is 0.468 bits per heavy atom. The first-order valence-corrected chi connectivity index (χ1v) is 25.7. The van der Waals surface area contributed by atoms with Crippen molar-refractivity contribution in [1.29, 1.82) is 0 Å². The van der Waals surface area contributed by atoms with E-state index in [-0.39, 0.29) is 0 Å². The van der Waals surface area contributed by atoms with Crippen molar-refractivity contribution in [3.63, 3.8) is 0 Å². The summed E-state index contributed by atoms with van der Waals surface area (Å²) >= 11 is 4.13. The van der Waals surface area contributed by atoms with E-state index in [1.54, 1.807) is 22.7 Å². The third kappa shape index (κ3) is 8.30. The molecule has 0 fully saturated rings. The molecule has 0 spiro atoms. The van der Waals surface area contributed by atoms with Crippen molar-refractivity contribution in [2.24, 2.45) is 9.98 Å². The van der Waals surface area contributed by atoms with Gasteiger partial charge in [0.15, 0.2) is 9.34 Å². The summed E-state index contributed by atoms with van der Waals surface area (Å²) in [6, 6.07) is 26.8. The quantitative estimate of drug-likeness (QED) is 0.143. The van der Waals surface area contributed by atoms with Gasteiger partial charge in [0.25, 0.3) is 0 Å². The molecule has 1 aromatic heterocycles. The Hall–Kier alpha value is -1.05. The van der Waals surface area contributed by atoms with Gasteiger partial charge in [-0.3, -0.25) is 0 Å². The molecule has 9 heteroatoms. The maximum atomic E-state index is 5.58. The first kappa shape index (κ1) is 40.4. The van der Waals surface area contributed by atoms with Gasteiger partial charge in [-0.15, -0.1) is 22.7 Å². The van der Waals surface area contributed by atoms with Crippen molar-refractivity contribution in [1.82, 2.24) is 0 Å². The third-order valence-corrected chi connectivity index (χ3v) is 26.9. The van der Waals surface area contributed by atoms with Crippen LogP contribution in [0, 0.1) is 0 Å². The summed E-state index contributed by atoms with van der Waals surface area (Å²) in [5.41, 5.74) is 5.93. The molecule has 4 rings (SSSR count). The number of rotatable bonds is 10. The second kappa shape index (κ2) is 17.7. The minimum absolute atomic E-state index is 0.569. The van der Waals surface area contributed by atoms with Gasteiger partial charge < -0.3 is 0 Å². The molecule has 0 aliphatic heterocycles. The average molecular weight is 789 g/mol. The van der Waals surface area contributed by atoms with E-state index < -0.39 is 16.1 Å². The van der Waals surface area contributed by atoms with Gasteiger partial charge in [-0.05, 0) is 67.9 Å². The molecule has 0 atom stereocenters. The van der Waals surface area contributed by atoms with Crippen LogP contribution < -0.4 is 19.7 Å². The van der Waals surface area contributed by atoms with E-state index in [0.717, 1.165) is 20.7 Å². The predicted octanol–water partition coefficient (Wildman–Crippen LogP) is 12.6. The van der Waals surface area contributed by atoms with Crippen molar-refractivity contribution in [2.45, 2.75) is 116 Å². The number of hydrogen-bond donors (Lipinski definition) is 0. The molecular weight excluding hydrogens is 734 g/mol. The van der Waals surface area contributed by atoms with E-state index in [0.29, 0.717) is 45.9 Å². The van der Waals surface area contributed by atoms with Crippen LogP contribution in [0.1, 0.15) is 83.1 Å². The average Bonchev–Trinajstić information content (AvgIpc) is 2.99. The fraction of sp³-hybridized carbons (Fsp3) is 0.474. The van der Waals surface area contributed by atoms with Crippen molar-refractivity contribution < 1.29 is 12.7 Å². The molecule has 0 saturated carbocycles. The molecule has 0 amide bonds. The Balaban J connectivity index is 0.00000192. The Kier molecular flexibility index (Phi) is 15.2. The molecular formula is C38H54Cl2N2NiS2Si2. The molecule has 1 heterocycles. The molecule has 0 radical (unpaired) electrons. The van der Waals surface area contributed by atoms with E-state index >= 15 is 0 Å². The van der Waals surface area contributed by atoms with Crippen molar-refractivity contribution in [2.75, 3.05) is 0 Å². The molecule has 4 aromatic rings. The number of benzene rings is 3. The van der Waals surface area contributed by atoms with Crippen LogP contribution >= 0.6 is 43.1 Å². The molecule has 0 aliphatic rings. The van der Waals surface area contributed by atoms with Crippen LogP contribution in [0.15, 0.2) is 82.8 Å². The van der Waals surface area contributed by atoms with E-state index in [1.165, 1.54) is 19.8 Å². The Labute approximate surface area is 309 Å². The molecule has 3 aromatic carbocycles. The summed E-state index contributed by atoms with van der Waals surface area (Å²) in [7, 11) is 5.54. The third-order valence-electron chi connectivity index (χ3n) is 10.4. The Bertz CT molecular complexity index is 1580. The maximum absolute atomic E-state index is 5.58. The van der Waals surface area contributed by atoms with Gasteiger partial charge in [0.05, 0.1) is 27.5 Å². The fourth-order valence-corrected chi connectivity index (χ4v) is 24.8. The second-order valence-electron chi connectivity index (χ2n) is 14.4. The summed E-state index contributed by atoms with van der Waals surface area (Å²) in [5.74, 6) is 0. The first-order valence-electron chi connectivity index (χ1n) is 16.8. The fourth-order valence-electron chi connectivity index (χ4n) is 9.02. The molecule has 0 saturated heterocycles. The predicted molar refractivity (Wildman–Crippen MR) is 216 cm³/mol. The number of nitrogens with zero attached hydrogens (tertiary/aromatic N) is 2. The van der Waals surface area contributed by atoms with Crippen molar-refractivity contribution in [3.05, 3.63) is 82.1 Å². The zero-order valence-corrected chi connectivity index (χ0v) is 36.3. The monoisotopic (exact) mass is 786 g/mol. The summed E-state index contributed by atoms with van der Waals surface area (Å²) in [6.45, 7) is 29.3. The summed E-state index contributed by atoms with van der Waals surface area (Å²) in [4.78, 5) is 11.2. The molecule has 260 valence electrons. The van der Waals surface area contributed by atoms with Crippen molar-refractivity contribution >= 4 is 90.4 Å². The van der Waals surface area contributed by atoms with E-state index in [2.05, 4.69) is 156 Å². The standard InChI is InChI=1S/C38H54N2S2Si2.2ClH.Ni/c1-25(2)43(26(3)4,27(5)6)35-23-17-13-19-31(35)39-37-38(42-34-22-16-15-21-33(34)41-37)40-32-20-14-18-24-36(32)44(28(7)8,29(9)10)30(11)12;;;/h13-30H,1-12H3;2*1H;/q;;;+2/p-2. The first-order chi connectivity index (χ1) is 22.2. The van der Waals surface area contributed by atoms with E-state index in [9.17, 15) is 0 Å². The van der Waals surface area contributed by atoms with Crippen LogP contribution in [0.4, 0.5) is 11.4 Å². The van der Waals surface area contributed by atoms with Crippen LogP contribution in [0.25, 0.3) is 9.40 Å². The molecule has 2 nitrogen and oxygen atoms in total. The topological polar surface area (TPSA) is 24.7 Å². The van der Waals surface area contributed by atoms with Gasteiger partial charge >= 0.3 is 33.0 Å². The second-order valence-corrected chi connectivity index (χ2v) is 29.8. The van der Waals surface area contributed by atoms with Crippen LogP contribution in [-0.2, 0) is 12.7 Å². The molecule has 0 bridgehead atoms. The van der Waals surface area contributed by atoms with Crippen LogP contribution in [0.2, 0.25) is 33.2 Å². The van der Waals surface area contributed by atoms with Crippen molar-refractivity contribution in [3.8, 4) is 0 Å². The van der Waals surface area contributed by atoms with Gasteiger partial charge in [-0.1, -0.05) is 132 Å². The van der Waals surface area contributed by atoms with Gasteiger partial charge in [-0.2, -0.15) is 0 Å². The molecule has 0 N–H and O–H groups in total. The zero-order chi connectivity index (χ0) is 35.1. The minimum atomic E-state index is -1.93. The van der Waals surface area contributed by atoms with Crippen LogP contribution in [0.3, 0.4) is 0 Å². The number of halogens is 2. The number of fused-ring (bicyclic) bond motifs is 1. The van der Waals surface area contributed by atoms with E-state index in [1.807, 2.05) is 0 Å². The van der Waals surface area contributed by atoms with Gasteiger partial charge in [0.2, 0.25) is 0 Å². The van der Waals surface area contributed by atoms with Gasteiger partial charge in [0, 0.05) is 9.40 Å². The number of hydrogen-bond acceptors (Lipinski definition) is 4. The summed E-state index contributed by atoms with van der Waals surface area (Å²) in [6.07, 6.45) is 0. The van der Waals surface area contributed by atoms with Crippen LogP contribution in [-0.4, -0.2) is 16.1 Å². The normalized spacial score (nSPS) is 13.6. The number of para-hydroxylation sites is 2. The van der Waals surface area contributed by atoms with E-state index in [4.69, 9.17) is 30.4 Å². The summed E-state index contributed by atoms with van der Waals surface area (Å²) < 4.78 is 4.55. The zero-order valence-electron chi connectivity index (χ0n) is 30.2. The summed E-state index contributed by atoms with van der Waals surface area (Å²) in [5, 5.41) is 2.98. The Morgan fingerprint density at radius 2 is 0.723 bits per heavy atom. The molecule has 0 unspecified atom stereocenters. The Morgan fingerprint density at radius 3 is 1.00 bits per heavy atom. The van der Waals surface area contributed by atoms with Crippen LogP contribution in [0.5, 0.6) is 0 Å². The van der Waals surface area contributed by atoms with Gasteiger partial charge in [-0.25, -0.2) is 9.98 Å². The molecule has 0 aliphatic carbocycles.